The molecule has 0 heterocycles. The largest absolute Gasteiger partial charge is 0.330 e. The molecule has 3 heteroatoms. The van der Waals surface area contributed by atoms with Crippen LogP contribution in [0.25, 0.3) is 0 Å². The first-order valence-electron chi connectivity index (χ1n) is 7.78. The van der Waals surface area contributed by atoms with Crippen LogP contribution in [-0.2, 0) is 6.42 Å². The maximum absolute atomic E-state index is 13.3. The molecule has 1 fully saturated rings. The molecule has 1 aromatic rings. The average molecular weight is 342 g/mol. The molecule has 0 saturated heterocycles. The van der Waals surface area contributed by atoms with Gasteiger partial charge in [-0.1, -0.05) is 32.3 Å². The van der Waals surface area contributed by atoms with Crippen molar-refractivity contribution in [1.29, 1.82) is 0 Å². The molecular weight excluding hydrogens is 317 g/mol. The first-order valence-corrected chi connectivity index (χ1v) is 8.57. The Labute approximate surface area is 130 Å². The quantitative estimate of drug-likeness (QED) is 0.807. The highest BCUT2D eigenvalue weighted by Gasteiger charge is 2.29. The zero-order chi connectivity index (χ0) is 14.5. The first-order chi connectivity index (χ1) is 9.63. The Kier molecular flexibility index (Phi) is 6.03. The van der Waals surface area contributed by atoms with E-state index in [1.54, 1.807) is 6.07 Å². The van der Waals surface area contributed by atoms with E-state index in [-0.39, 0.29) is 5.82 Å². The van der Waals surface area contributed by atoms with Crippen LogP contribution in [0, 0.1) is 23.6 Å². The van der Waals surface area contributed by atoms with Crippen molar-refractivity contribution in [2.24, 2.45) is 23.5 Å². The van der Waals surface area contributed by atoms with Gasteiger partial charge in [0.1, 0.15) is 5.82 Å². The molecule has 20 heavy (non-hydrogen) atoms. The van der Waals surface area contributed by atoms with E-state index in [2.05, 4.69) is 22.9 Å². The summed E-state index contributed by atoms with van der Waals surface area (Å²) < 4.78 is 13.9. The van der Waals surface area contributed by atoms with Crippen LogP contribution in [0.2, 0.25) is 0 Å². The van der Waals surface area contributed by atoms with Crippen molar-refractivity contribution in [3.05, 3.63) is 34.1 Å². The molecule has 0 aromatic heterocycles. The average Bonchev–Trinajstić information content (AvgIpc) is 2.44. The minimum atomic E-state index is -0.184. The van der Waals surface area contributed by atoms with Gasteiger partial charge in [-0.25, -0.2) is 4.39 Å². The van der Waals surface area contributed by atoms with Gasteiger partial charge in [0.05, 0.1) is 4.47 Å². The number of hydrogen-bond acceptors (Lipinski definition) is 1. The first kappa shape index (κ1) is 16.0. The molecule has 3 unspecified atom stereocenters. The van der Waals surface area contributed by atoms with Gasteiger partial charge in [0, 0.05) is 0 Å². The highest BCUT2D eigenvalue weighted by Crippen LogP contribution is 2.37. The van der Waals surface area contributed by atoms with Crippen molar-refractivity contribution in [3.63, 3.8) is 0 Å². The van der Waals surface area contributed by atoms with Crippen molar-refractivity contribution < 1.29 is 4.39 Å². The molecule has 1 aromatic carbocycles. The molecule has 0 bridgehead atoms. The third-order valence-electron chi connectivity index (χ3n) is 4.73. The smallest absolute Gasteiger partial charge is 0.137 e. The molecule has 0 aliphatic heterocycles. The van der Waals surface area contributed by atoms with E-state index in [1.807, 2.05) is 12.1 Å². The van der Waals surface area contributed by atoms with E-state index in [0.717, 1.165) is 18.9 Å². The number of benzene rings is 1. The predicted molar refractivity (Wildman–Crippen MR) is 86.1 cm³/mol. The lowest BCUT2D eigenvalue weighted by Crippen LogP contribution is -2.31. The van der Waals surface area contributed by atoms with Crippen LogP contribution in [0.4, 0.5) is 4.39 Å². The minimum absolute atomic E-state index is 0.184. The van der Waals surface area contributed by atoms with Crippen molar-refractivity contribution in [3.8, 4) is 0 Å². The van der Waals surface area contributed by atoms with E-state index in [9.17, 15) is 4.39 Å². The second kappa shape index (κ2) is 7.56. The summed E-state index contributed by atoms with van der Waals surface area (Å²) in [4.78, 5) is 0. The van der Waals surface area contributed by atoms with Gasteiger partial charge >= 0.3 is 0 Å². The van der Waals surface area contributed by atoms with Crippen molar-refractivity contribution >= 4 is 15.9 Å². The van der Waals surface area contributed by atoms with Gasteiger partial charge in [-0.05, 0) is 77.2 Å². The van der Waals surface area contributed by atoms with Crippen LogP contribution >= 0.6 is 15.9 Å². The summed E-state index contributed by atoms with van der Waals surface area (Å²) in [6, 6.07) is 5.40. The number of hydrogen-bond donors (Lipinski definition) is 1. The van der Waals surface area contributed by atoms with E-state index in [4.69, 9.17) is 5.73 Å². The highest BCUT2D eigenvalue weighted by atomic mass is 79.9. The van der Waals surface area contributed by atoms with E-state index in [1.165, 1.54) is 37.7 Å². The summed E-state index contributed by atoms with van der Waals surface area (Å²) in [7, 11) is 0. The standard InChI is InChI=1S/C17H25BrFN/c1-2-3-12-4-6-14(11-20)15(8-12)9-13-5-7-17(19)16(18)10-13/h5,7,10,12,14-15H,2-4,6,8-9,11,20H2,1H3. The zero-order valence-corrected chi connectivity index (χ0v) is 13.8. The molecule has 2 rings (SSSR count). The molecule has 1 saturated carbocycles. The van der Waals surface area contributed by atoms with E-state index in [0.29, 0.717) is 16.3 Å². The molecule has 0 amide bonds. The van der Waals surface area contributed by atoms with Gasteiger partial charge in [0.25, 0.3) is 0 Å². The Hall–Kier alpha value is -0.410. The fraction of sp³-hybridized carbons (Fsp3) is 0.647. The van der Waals surface area contributed by atoms with Crippen LogP contribution < -0.4 is 5.73 Å². The summed E-state index contributed by atoms with van der Waals surface area (Å²) in [5.74, 6) is 1.96. The molecule has 0 spiro atoms. The lowest BCUT2D eigenvalue weighted by molar-refractivity contribution is 0.175. The molecule has 1 aliphatic rings. The van der Waals surface area contributed by atoms with Crippen LogP contribution in [0.1, 0.15) is 44.6 Å². The van der Waals surface area contributed by atoms with Crippen molar-refractivity contribution in [2.45, 2.75) is 45.4 Å². The molecule has 112 valence electrons. The highest BCUT2D eigenvalue weighted by molar-refractivity contribution is 9.10. The van der Waals surface area contributed by atoms with Crippen molar-refractivity contribution in [2.75, 3.05) is 6.54 Å². The summed E-state index contributed by atoms with van der Waals surface area (Å²) in [5.41, 5.74) is 7.17. The zero-order valence-electron chi connectivity index (χ0n) is 12.2. The SMILES string of the molecule is CCCC1CCC(CN)C(Cc2ccc(F)c(Br)c2)C1. The number of nitrogens with two attached hydrogens (primary N) is 1. The van der Waals surface area contributed by atoms with Crippen LogP contribution in [0.5, 0.6) is 0 Å². The molecule has 0 radical (unpaired) electrons. The van der Waals surface area contributed by atoms with Gasteiger partial charge in [-0.15, -0.1) is 0 Å². The summed E-state index contributed by atoms with van der Waals surface area (Å²) in [6.07, 6.45) is 7.51. The van der Waals surface area contributed by atoms with Gasteiger partial charge in [0.15, 0.2) is 0 Å². The Morgan fingerprint density at radius 3 is 2.75 bits per heavy atom. The molecule has 2 N–H and O–H groups in total. The lowest BCUT2D eigenvalue weighted by atomic mass is 9.70. The lowest BCUT2D eigenvalue weighted by Gasteiger charge is -2.36. The monoisotopic (exact) mass is 341 g/mol. The summed E-state index contributed by atoms with van der Waals surface area (Å²) in [6.45, 7) is 3.05. The van der Waals surface area contributed by atoms with E-state index < -0.39 is 0 Å². The molecule has 3 atom stereocenters. The summed E-state index contributed by atoms with van der Waals surface area (Å²) >= 11 is 3.28. The summed E-state index contributed by atoms with van der Waals surface area (Å²) in [5, 5.41) is 0. The number of rotatable bonds is 5. The Morgan fingerprint density at radius 1 is 1.30 bits per heavy atom. The van der Waals surface area contributed by atoms with Gasteiger partial charge < -0.3 is 5.73 Å². The normalized spacial score (nSPS) is 26.7. The fourth-order valence-electron chi connectivity index (χ4n) is 3.62. The maximum atomic E-state index is 13.3. The second-order valence-electron chi connectivity index (χ2n) is 6.18. The van der Waals surface area contributed by atoms with E-state index >= 15 is 0 Å². The Balaban J connectivity index is 2.04. The topological polar surface area (TPSA) is 26.0 Å². The molecule has 1 aliphatic carbocycles. The second-order valence-corrected chi connectivity index (χ2v) is 7.03. The molecular formula is C17H25BrFN. The van der Waals surface area contributed by atoms with Crippen LogP contribution in [0.15, 0.2) is 22.7 Å². The van der Waals surface area contributed by atoms with Gasteiger partial charge in [-0.2, -0.15) is 0 Å². The predicted octanol–water partition coefficient (Wildman–Crippen LogP) is 4.92. The Morgan fingerprint density at radius 2 is 2.10 bits per heavy atom. The molecule has 1 nitrogen and oxygen atoms in total. The number of halogens is 2. The van der Waals surface area contributed by atoms with Gasteiger partial charge in [0.2, 0.25) is 0 Å². The Bertz CT molecular complexity index is 435. The van der Waals surface area contributed by atoms with Gasteiger partial charge in [-0.3, -0.25) is 0 Å². The van der Waals surface area contributed by atoms with Crippen LogP contribution in [-0.4, -0.2) is 6.54 Å². The van der Waals surface area contributed by atoms with Crippen molar-refractivity contribution in [1.82, 2.24) is 0 Å². The minimum Gasteiger partial charge on any atom is -0.330 e. The fourth-order valence-corrected chi connectivity index (χ4v) is 4.05. The maximum Gasteiger partial charge on any atom is 0.137 e. The third kappa shape index (κ3) is 4.05. The van der Waals surface area contributed by atoms with Crippen LogP contribution in [0.3, 0.4) is 0 Å². The third-order valence-corrected chi connectivity index (χ3v) is 5.34.